The zero-order valence-electron chi connectivity index (χ0n) is 15.3. The molecule has 0 radical (unpaired) electrons. The molecule has 9 heteroatoms. The summed E-state index contributed by atoms with van der Waals surface area (Å²) in [6, 6.07) is 4.76. The number of carbonyl (C=O) groups is 1. The van der Waals surface area contributed by atoms with E-state index in [9.17, 15) is 13.2 Å². The van der Waals surface area contributed by atoms with Gasteiger partial charge in [0, 0.05) is 45.4 Å². The summed E-state index contributed by atoms with van der Waals surface area (Å²) in [5.41, 5.74) is 0.952. The van der Waals surface area contributed by atoms with Crippen molar-refractivity contribution >= 4 is 15.9 Å². The summed E-state index contributed by atoms with van der Waals surface area (Å²) < 4.78 is 37.3. The smallest absolute Gasteiger partial charge is 0.251 e. The largest absolute Gasteiger partial charge is 0.383 e. The summed E-state index contributed by atoms with van der Waals surface area (Å²) >= 11 is 0. The minimum atomic E-state index is -3.64. The zero-order valence-corrected chi connectivity index (χ0v) is 16.1. The monoisotopic (exact) mass is 385 g/mol. The number of hydrogen-bond donors (Lipinski definition) is 2. The quantitative estimate of drug-likeness (QED) is 0.580. The molecule has 0 spiro atoms. The van der Waals surface area contributed by atoms with E-state index in [1.54, 1.807) is 26.2 Å². The lowest BCUT2D eigenvalue weighted by molar-refractivity contribution is 0.0730. The Morgan fingerprint density at radius 1 is 1.23 bits per heavy atom. The van der Waals surface area contributed by atoms with Crippen molar-refractivity contribution in [1.82, 2.24) is 14.9 Å². The molecule has 1 amide bonds. The van der Waals surface area contributed by atoms with E-state index in [4.69, 9.17) is 9.47 Å². The van der Waals surface area contributed by atoms with Crippen LogP contribution in [0, 0.1) is 6.92 Å². The summed E-state index contributed by atoms with van der Waals surface area (Å²) in [5.74, 6) is -0.294. The normalized spacial score (nSPS) is 15.8. The van der Waals surface area contributed by atoms with Gasteiger partial charge in [-0.25, -0.2) is 8.42 Å². The molecule has 0 bridgehead atoms. The van der Waals surface area contributed by atoms with Crippen LogP contribution in [0.25, 0.3) is 0 Å². The molecule has 1 aromatic carbocycles. The standard InChI is InChI=1S/C17H27N3O5S/c1-14-3-4-15(17(21)19-6-5-18-7-10-24-2)13-16(14)26(22,23)20-8-11-25-12-9-20/h3-4,13,18H,5-12H2,1-2H3,(H,19,21). The van der Waals surface area contributed by atoms with Crippen LogP contribution in [0.1, 0.15) is 15.9 Å². The fourth-order valence-electron chi connectivity index (χ4n) is 2.61. The van der Waals surface area contributed by atoms with Crippen molar-refractivity contribution < 1.29 is 22.7 Å². The van der Waals surface area contributed by atoms with E-state index in [0.29, 0.717) is 63.7 Å². The second-order valence-corrected chi connectivity index (χ2v) is 7.90. The number of nitrogens with zero attached hydrogens (tertiary/aromatic N) is 1. The Labute approximate surface area is 154 Å². The van der Waals surface area contributed by atoms with Crippen molar-refractivity contribution in [2.75, 3.05) is 59.7 Å². The Morgan fingerprint density at radius 2 is 1.96 bits per heavy atom. The van der Waals surface area contributed by atoms with Crippen molar-refractivity contribution in [3.8, 4) is 0 Å². The molecule has 0 saturated carbocycles. The predicted octanol–water partition coefficient (Wildman–Crippen LogP) is -0.0183. The van der Waals surface area contributed by atoms with Gasteiger partial charge in [0.2, 0.25) is 10.0 Å². The number of aryl methyl sites for hydroxylation is 1. The van der Waals surface area contributed by atoms with Gasteiger partial charge in [0.25, 0.3) is 5.91 Å². The highest BCUT2D eigenvalue weighted by atomic mass is 32.2. The Morgan fingerprint density at radius 3 is 2.65 bits per heavy atom. The maximum absolute atomic E-state index is 12.9. The predicted molar refractivity (Wildman–Crippen MR) is 97.8 cm³/mol. The van der Waals surface area contributed by atoms with Crippen LogP contribution in [0.2, 0.25) is 0 Å². The molecule has 0 aliphatic carbocycles. The molecule has 1 saturated heterocycles. The van der Waals surface area contributed by atoms with Gasteiger partial charge in [-0.15, -0.1) is 0 Å². The Balaban J connectivity index is 2.03. The molecule has 1 fully saturated rings. The lowest BCUT2D eigenvalue weighted by atomic mass is 10.1. The third-order valence-corrected chi connectivity index (χ3v) is 6.15. The van der Waals surface area contributed by atoms with Crippen molar-refractivity contribution in [2.24, 2.45) is 0 Å². The molecule has 1 aliphatic rings. The number of hydrogen-bond acceptors (Lipinski definition) is 6. The summed E-state index contributed by atoms with van der Waals surface area (Å²) in [4.78, 5) is 12.5. The number of amides is 1. The number of carbonyl (C=O) groups excluding carboxylic acids is 1. The van der Waals surface area contributed by atoms with E-state index >= 15 is 0 Å². The van der Waals surface area contributed by atoms with Gasteiger partial charge >= 0.3 is 0 Å². The van der Waals surface area contributed by atoms with Gasteiger partial charge in [-0.3, -0.25) is 4.79 Å². The summed E-state index contributed by atoms with van der Waals surface area (Å²) in [6.45, 7) is 5.52. The number of sulfonamides is 1. The Bertz CT molecular complexity index is 702. The van der Waals surface area contributed by atoms with Gasteiger partial charge in [0.15, 0.2) is 0 Å². The lowest BCUT2D eigenvalue weighted by Crippen LogP contribution is -2.41. The fourth-order valence-corrected chi connectivity index (χ4v) is 4.27. The van der Waals surface area contributed by atoms with Crippen LogP contribution in [-0.2, 0) is 19.5 Å². The Kier molecular flexibility index (Phi) is 7.98. The highest BCUT2D eigenvalue weighted by Crippen LogP contribution is 2.22. The summed E-state index contributed by atoms with van der Waals surface area (Å²) in [6.07, 6.45) is 0. The first-order chi connectivity index (χ1) is 12.5. The first kappa shape index (κ1) is 20.8. The molecule has 2 rings (SSSR count). The molecule has 2 N–H and O–H groups in total. The van der Waals surface area contributed by atoms with Crippen molar-refractivity contribution in [3.63, 3.8) is 0 Å². The first-order valence-corrected chi connectivity index (χ1v) is 10.1. The topological polar surface area (TPSA) is 97.0 Å². The molecule has 0 aromatic heterocycles. The summed E-state index contributed by atoms with van der Waals surface area (Å²) in [7, 11) is -2.01. The molecule has 146 valence electrons. The van der Waals surface area contributed by atoms with Gasteiger partial charge in [-0.2, -0.15) is 4.31 Å². The van der Waals surface area contributed by atoms with E-state index in [2.05, 4.69) is 10.6 Å². The van der Waals surface area contributed by atoms with Crippen LogP contribution in [0.15, 0.2) is 23.1 Å². The number of methoxy groups -OCH3 is 1. The average molecular weight is 385 g/mol. The SMILES string of the molecule is COCCNCCNC(=O)c1ccc(C)c(S(=O)(=O)N2CCOCC2)c1. The highest BCUT2D eigenvalue weighted by Gasteiger charge is 2.28. The van der Waals surface area contributed by atoms with Gasteiger partial charge in [-0.05, 0) is 24.6 Å². The minimum absolute atomic E-state index is 0.172. The molecular weight excluding hydrogens is 358 g/mol. The molecule has 8 nitrogen and oxygen atoms in total. The minimum Gasteiger partial charge on any atom is -0.383 e. The summed E-state index contributed by atoms with van der Waals surface area (Å²) in [5, 5.41) is 5.91. The van der Waals surface area contributed by atoms with Crippen LogP contribution in [0.3, 0.4) is 0 Å². The number of rotatable bonds is 9. The van der Waals surface area contributed by atoms with E-state index < -0.39 is 10.0 Å². The van der Waals surface area contributed by atoms with Crippen molar-refractivity contribution in [2.45, 2.75) is 11.8 Å². The van der Waals surface area contributed by atoms with Crippen molar-refractivity contribution in [3.05, 3.63) is 29.3 Å². The number of morpholine rings is 1. The van der Waals surface area contributed by atoms with Gasteiger partial charge < -0.3 is 20.1 Å². The lowest BCUT2D eigenvalue weighted by Gasteiger charge is -2.26. The van der Waals surface area contributed by atoms with Crippen LogP contribution < -0.4 is 10.6 Å². The van der Waals surface area contributed by atoms with E-state index in [1.165, 1.54) is 10.4 Å². The van der Waals surface area contributed by atoms with Gasteiger partial charge in [-0.1, -0.05) is 6.07 Å². The second kappa shape index (κ2) is 9.98. The molecular formula is C17H27N3O5S. The van der Waals surface area contributed by atoms with Crippen LogP contribution >= 0.6 is 0 Å². The maximum Gasteiger partial charge on any atom is 0.251 e. The molecule has 0 unspecified atom stereocenters. The van der Waals surface area contributed by atoms with Crippen LogP contribution in [0.4, 0.5) is 0 Å². The van der Waals surface area contributed by atoms with Crippen molar-refractivity contribution in [1.29, 1.82) is 0 Å². The van der Waals surface area contributed by atoms with Gasteiger partial charge in [0.1, 0.15) is 0 Å². The van der Waals surface area contributed by atoms with E-state index in [1.807, 2.05) is 0 Å². The number of ether oxygens (including phenoxy) is 2. The Hall–Kier alpha value is -1.52. The number of benzene rings is 1. The fraction of sp³-hybridized carbons (Fsp3) is 0.588. The highest BCUT2D eigenvalue weighted by molar-refractivity contribution is 7.89. The van der Waals surface area contributed by atoms with Crippen LogP contribution in [0.5, 0.6) is 0 Å². The zero-order chi connectivity index (χ0) is 19.0. The van der Waals surface area contributed by atoms with E-state index in [-0.39, 0.29) is 10.8 Å². The van der Waals surface area contributed by atoms with E-state index in [0.717, 1.165) is 0 Å². The molecule has 1 heterocycles. The second-order valence-electron chi connectivity index (χ2n) is 6.00. The molecule has 0 atom stereocenters. The average Bonchev–Trinajstić information content (AvgIpc) is 2.65. The van der Waals surface area contributed by atoms with Gasteiger partial charge in [0.05, 0.1) is 24.7 Å². The molecule has 1 aromatic rings. The number of nitrogens with one attached hydrogen (secondary N) is 2. The molecule has 26 heavy (non-hydrogen) atoms. The third kappa shape index (κ3) is 5.49. The maximum atomic E-state index is 12.9. The molecule has 1 aliphatic heterocycles. The first-order valence-electron chi connectivity index (χ1n) is 8.63. The third-order valence-electron chi connectivity index (χ3n) is 4.11. The van der Waals surface area contributed by atoms with Crippen LogP contribution in [-0.4, -0.2) is 78.3 Å².